The van der Waals surface area contributed by atoms with Crippen LogP contribution in [0.15, 0.2) is 53.5 Å². The third kappa shape index (κ3) is 2.89. The van der Waals surface area contributed by atoms with Crippen molar-refractivity contribution in [2.45, 2.75) is 20.3 Å². The summed E-state index contributed by atoms with van der Waals surface area (Å²) in [6.07, 6.45) is 2.18. The van der Waals surface area contributed by atoms with Crippen LogP contribution in [0.4, 0.5) is 11.8 Å². The normalized spacial score (nSPS) is 10.6. The van der Waals surface area contributed by atoms with Gasteiger partial charge in [-0.3, -0.25) is 0 Å². The fourth-order valence-corrected chi connectivity index (χ4v) is 2.44. The summed E-state index contributed by atoms with van der Waals surface area (Å²) >= 11 is 0. The van der Waals surface area contributed by atoms with Gasteiger partial charge in [0.25, 0.3) is 5.95 Å². The van der Waals surface area contributed by atoms with Crippen LogP contribution in [0.3, 0.4) is 0 Å². The lowest BCUT2D eigenvalue weighted by molar-refractivity contribution is 0.751. The number of aryl methyl sites for hydroxylation is 2. The predicted octanol–water partition coefficient (Wildman–Crippen LogP) is 1.91. The van der Waals surface area contributed by atoms with Crippen LogP contribution in [0, 0.1) is 6.92 Å². The summed E-state index contributed by atoms with van der Waals surface area (Å²) in [7, 11) is 0. The summed E-state index contributed by atoms with van der Waals surface area (Å²) in [5.41, 5.74) is 1.32. The molecule has 0 spiro atoms. The molecule has 0 aliphatic rings. The number of rotatable bonds is 4. The lowest BCUT2D eigenvalue weighted by Gasteiger charge is -2.18. The molecular weight excluding hydrogens is 304 g/mol. The first-order valence-corrected chi connectivity index (χ1v) is 7.63. The minimum Gasteiger partial charge on any atom is -0.248 e. The minimum atomic E-state index is -0.419. The molecule has 2 N–H and O–H groups in total. The van der Waals surface area contributed by atoms with Crippen LogP contribution < -0.4 is 16.5 Å². The van der Waals surface area contributed by atoms with E-state index in [4.69, 9.17) is 5.84 Å². The van der Waals surface area contributed by atoms with Gasteiger partial charge < -0.3 is 0 Å². The van der Waals surface area contributed by atoms with Gasteiger partial charge in [0.1, 0.15) is 11.6 Å². The van der Waals surface area contributed by atoms with Gasteiger partial charge in [-0.15, -0.1) is 0 Å². The van der Waals surface area contributed by atoms with Gasteiger partial charge in [0.15, 0.2) is 0 Å². The van der Waals surface area contributed by atoms with Crippen molar-refractivity contribution in [1.29, 1.82) is 0 Å². The predicted molar refractivity (Wildman–Crippen MR) is 92.3 cm³/mol. The van der Waals surface area contributed by atoms with E-state index in [-0.39, 0.29) is 5.95 Å². The molecular formula is C17H18N6O. The molecule has 1 aromatic carbocycles. The van der Waals surface area contributed by atoms with Crippen molar-refractivity contribution >= 4 is 11.8 Å². The molecule has 0 aliphatic carbocycles. The maximum absolute atomic E-state index is 12.6. The highest BCUT2D eigenvalue weighted by molar-refractivity contribution is 5.50. The molecule has 122 valence electrons. The van der Waals surface area contributed by atoms with Gasteiger partial charge >= 0.3 is 5.69 Å². The highest BCUT2D eigenvalue weighted by Gasteiger charge is 2.16. The van der Waals surface area contributed by atoms with E-state index in [0.717, 1.165) is 11.3 Å². The molecule has 3 rings (SSSR count). The van der Waals surface area contributed by atoms with Gasteiger partial charge in [-0.1, -0.05) is 31.2 Å². The maximum atomic E-state index is 12.6. The Balaban J connectivity index is 2.13. The Labute approximate surface area is 139 Å². The van der Waals surface area contributed by atoms with E-state index in [2.05, 4.69) is 15.0 Å². The zero-order valence-corrected chi connectivity index (χ0v) is 13.5. The van der Waals surface area contributed by atoms with Crippen molar-refractivity contribution in [3.63, 3.8) is 0 Å². The number of anilines is 2. The number of nitrogens with two attached hydrogens (primary N) is 1. The number of benzene rings is 1. The second kappa shape index (κ2) is 6.59. The van der Waals surface area contributed by atoms with Crippen molar-refractivity contribution in [2.75, 3.05) is 5.01 Å². The fraction of sp³-hybridized carbons (Fsp3) is 0.176. The number of hydrazine groups is 1. The number of aromatic nitrogens is 4. The number of hydrogen-bond donors (Lipinski definition) is 1. The van der Waals surface area contributed by atoms with Crippen LogP contribution in [0.2, 0.25) is 0 Å². The molecule has 3 aromatic rings. The number of para-hydroxylation sites is 1. The van der Waals surface area contributed by atoms with Gasteiger partial charge in [-0.05, 0) is 30.7 Å². The van der Waals surface area contributed by atoms with E-state index in [0.29, 0.717) is 18.1 Å². The van der Waals surface area contributed by atoms with Crippen LogP contribution >= 0.6 is 0 Å². The van der Waals surface area contributed by atoms with Gasteiger partial charge in [0.2, 0.25) is 0 Å². The molecule has 0 fully saturated rings. The third-order valence-electron chi connectivity index (χ3n) is 3.66. The maximum Gasteiger partial charge on any atom is 0.356 e. The van der Waals surface area contributed by atoms with E-state index in [1.807, 2.05) is 38.1 Å². The van der Waals surface area contributed by atoms with Gasteiger partial charge in [-0.25, -0.2) is 25.2 Å². The quantitative estimate of drug-likeness (QED) is 0.583. The van der Waals surface area contributed by atoms with Crippen molar-refractivity contribution < 1.29 is 0 Å². The molecule has 0 saturated heterocycles. The van der Waals surface area contributed by atoms with Gasteiger partial charge in [-0.2, -0.15) is 9.97 Å². The fourth-order valence-electron chi connectivity index (χ4n) is 2.44. The molecule has 0 saturated carbocycles. The van der Waals surface area contributed by atoms with Crippen molar-refractivity contribution in [3.8, 4) is 5.69 Å². The average Bonchev–Trinajstić information content (AvgIpc) is 2.62. The number of nitrogens with zero attached hydrogens (tertiary/aromatic N) is 5. The molecule has 24 heavy (non-hydrogen) atoms. The highest BCUT2D eigenvalue weighted by atomic mass is 16.1. The van der Waals surface area contributed by atoms with Crippen LogP contribution in [-0.4, -0.2) is 19.5 Å². The second-order valence-electron chi connectivity index (χ2n) is 5.26. The van der Waals surface area contributed by atoms with Crippen molar-refractivity contribution in [1.82, 2.24) is 19.5 Å². The summed E-state index contributed by atoms with van der Waals surface area (Å²) in [6, 6.07) is 12.9. The molecule has 0 amide bonds. The van der Waals surface area contributed by atoms with Gasteiger partial charge in [0.05, 0.1) is 5.69 Å². The standard InChI is InChI=1S/C17H18N6O/c1-3-14-20-16(23(18)15-10-6-7-11-19-15)21-17(24)22(14)13-9-5-4-8-12(13)2/h4-11H,3,18H2,1-2H3. The van der Waals surface area contributed by atoms with E-state index >= 15 is 0 Å². The smallest absolute Gasteiger partial charge is 0.248 e. The van der Waals surface area contributed by atoms with Crippen LogP contribution in [0.5, 0.6) is 0 Å². The number of hydrogen-bond acceptors (Lipinski definition) is 6. The Morgan fingerprint density at radius 2 is 1.88 bits per heavy atom. The van der Waals surface area contributed by atoms with Crippen LogP contribution in [-0.2, 0) is 6.42 Å². The van der Waals surface area contributed by atoms with E-state index in [1.54, 1.807) is 24.4 Å². The lowest BCUT2D eigenvalue weighted by atomic mass is 10.2. The minimum absolute atomic E-state index is 0.125. The lowest BCUT2D eigenvalue weighted by Crippen LogP contribution is -2.34. The van der Waals surface area contributed by atoms with Crippen LogP contribution in [0.25, 0.3) is 5.69 Å². The first kappa shape index (κ1) is 15.8. The molecule has 0 aliphatic heterocycles. The Bertz CT molecular complexity index is 906. The zero-order valence-electron chi connectivity index (χ0n) is 13.5. The SMILES string of the molecule is CCc1nc(N(N)c2ccccn2)nc(=O)n1-c1ccccc1C. The Morgan fingerprint density at radius 3 is 2.54 bits per heavy atom. The van der Waals surface area contributed by atoms with E-state index < -0.39 is 5.69 Å². The van der Waals surface area contributed by atoms with Crippen LogP contribution in [0.1, 0.15) is 18.3 Å². The highest BCUT2D eigenvalue weighted by Crippen LogP contribution is 2.17. The zero-order chi connectivity index (χ0) is 17.1. The summed E-state index contributed by atoms with van der Waals surface area (Å²) in [5.74, 6) is 7.20. The molecule has 0 bridgehead atoms. The molecule has 7 nitrogen and oxygen atoms in total. The molecule has 0 unspecified atom stereocenters. The Kier molecular flexibility index (Phi) is 4.35. The van der Waals surface area contributed by atoms with E-state index in [1.165, 1.54) is 9.58 Å². The first-order chi connectivity index (χ1) is 11.6. The molecule has 2 aromatic heterocycles. The summed E-state index contributed by atoms with van der Waals surface area (Å²) < 4.78 is 1.52. The second-order valence-corrected chi connectivity index (χ2v) is 5.26. The molecule has 0 atom stereocenters. The van der Waals surface area contributed by atoms with Crippen molar-refractivity contribution in [2.24, 2.45) is 5.84 Å². The van der Waals surface area contributed by atoms with Gasteiger partial charge in [0, 0.05) is 12.6 Å². The first-order valence-electron chi connectivity index (χ1n) is 7.63. The summed E-state index contributed by atoms with van der Waals surface area (Å²) in [5, 5.41) is 1.21. The van der Waals surface area contributed by atoms with E-state index in [9.17, 15) is 4.79 Å². The summed E-state index contributed by atoms with van der Waals surface area (Å²) in [4.78, 5) is 25.3. The van der Waals surface area contributed by atoms with Crippen molar-refractivity contribution in [3.05, 3.63) is 70.5 Å². The third-order valence-corrected chi connectivity index (χ3v) is 3.66. The molecule has 0 radical (unpaired) electrons. The Hall–Kier alpha value is -3.06. The monoisotopic (exact) mass is 322 g/mol. The average molecular weight is 322 g/mol. The largest absolute Gasteiger partial charge is 0.356 e. The molecule has 7 heteroatoms. The molecule has 2 heterocycles. The number of pyridine rings is 1. The Morgan fingerprint density at radius 1 is 1.12 bits per heavy atom. The topological polar surface area (TPSA) is 89.9 Å². The summed E-state index contributed by atoms with van der Waals surface area (Å²) in [6.45, 7) is 3.88.